The van der Waals surface area contributed by atoms with Crippen LogP contribution in [0, 0.1) is 6.92 Å². The normalized spacial score (nSPS) is 13.3. The van der Waals surface area contributed by atoms with Crippen molar-refractivity contribution in [2.45, 2.75) is 33.1 Å². The number of nitrogens with one attached hydrogen (secondary N) is 1. The Morgan fingerprint density at radius 2 is 2.08 bits per heavy atom. The van der Waals surface area contributed by atoms with E-state index in [1.54, 1.807) is 13.0 Å². The maximum Gasteiger partial charge on any atom is 0.356 e. The van der Waals surface area contributed by atoms with E-state index < -0.39 is 5.97 Å². The predicted molar refractivity (Wildman–Crippen MR) is 98.8 cm³/mol. The summed E-state index contributed by atoms with van der Waals surface area (Å²) in [6.45, 7) is 4.58. The maximum absolute atomic E-state index is 12.1. The third-order valence-electron chi connectivity index (χ3n) is 4.23. The molecular formula is C19H22N4O3. The van der Waals surface area contributed by atoms with Gasteiger partial charge < -0.3 is 15.0 Å². The van der Waals surface area contributed by atoms with Crippen LogP contribution in [0.3, 0.4) is 0 Å². The average Bonchev–Trinajstić information content (AvgIpc) is 2.63. The first-order valence-corrected chi connectivity index (χ1v) is 8.66. The number of carbonyl (C=O) groups excluding carboxylic acids is 2. The molecule has 0 spiro atoms. The van der Waals surface area contributed by atoms with E-state index in [0.717, 1.165) is 29.9 Å². The Bertz CT molecular complexity index is 851. The second kappa shape index (κ2) is 7.51. The number of hydrogen-bond acceptors (Lipinski definition) is 6. The summed E-state index contributed by atoms with van der Waals surface area (Å²) in [6.07, 6.45) is 2.15. The number of fused-ring (bicyclic) bond motifs is 1. The van der Waals surface area contributed by atoms with Crippen molar-refractivity contribution in [2.75, 3.05) is 23.9 Å². The summed E-state index contributed by atoms with van der Waals surface area (Å²) in [5, 5.41) is 3.14. The predicted octanol–water partition coefficient (Wildman–Crippen LogP) is 3.00. The van der Waals surface area contributed by atoms with Crippen LogP contribution >= 0.6 is 0 Å². The van der Waals surface area contributed by atoms with Crippen molar-refractivity contribution in [2.24, 2.45) is 0 Å². The molecule has 2 aromatic rings. The van der Waals surface area contributed by atoms with Gasteiger partial charge in [0, 0.05) is 30.0 Å². The standard InChI is InChI=1S/C19H22N4O3/c1-4-9-23-16-7-6-14(11-13(16)5-8-17(23)24)21-19-20-12(2)10-15(22-19)18(25)26-3/h6-7,10-11H,4-5,8-9H2,1-3H3,(H,20,21,22). The Hall–Kier alpha value is -2.96. The van der Waals surface area contributed by atoms with Gasteiger partial charge in [-0.25, -0.2) is 14.8 Å². The molecule has 1 aromatic heterocycles. The van der Waals surface area contributed by atoms with Gasteiger partial charge in [-0.1, -0.05) is 6.92 Å². The van der Waals surface area contributed by atoms with Gasteiger partial charge in [0.05, 0.1) is 7.11 Å². The number of ether oxygens (including phenoxy) is 1. The lowest BCUT2D eigenvalue weighted by Crippen LogP contribution is -2.35. The van der Waals surface area contributed by atoms with E-state index >= 15 is 0 Å². The van der Waals surface area contributed by atoms with Gasteiger partial charge in [-0.2, -0.15) is 0 Å². The van der Waals surface area contributed by atoms with Crippen LogP contribution in [0.25, 0.3) is 0 Å². The molecular weight excluding hydrogens is 332 g/mol. The van der Waals surface area contributed by atoms with E-state index in [-0.39, 0.29) is 11.6 Å². The summed E-state index contributed by atoms with van der Waals surface area (Å²) in [4.78, 5) is 34.2. The van der Waals surface area contributed by atoms with E-state index in [9.17, 15) is 9.59 Å². The fourth-order valence-corrected chi connectivity index (χ4v) is 3.07. The van der Waals surface area contributed by atoms with E-state index in [1.807, 2.05) is 23.1 Å². The molecule has 0 radical (unpaired) electrons. The fourth-order valence-electron chi connectivity index (χ4n) is 3.07. The number of esters is 1. The Labute approximate surface area is 152 Å². The van der Waals surface area contributed by atoms with Crippen LogP contribution in [-0.4, -0.2) is 35.5 Å². The molecule has 26 heavy (non-hydrogen) atoms. The van der Waals surface area contributed by atoms with Crippen LogP contribution in [0.2, 0.25) is 0 Å². The highest BCUT2D eigenvalue weighted by Crippen LogP contribution is 2.31. The monoisotopic (exact) mass is 354 g/mol. The minimum atomic E-state index is -0.502. The van der Waals surface area contributed by atoms with Crippen LogP contribution < -0.4 is 10.2 Å². The Morgan fingerprint density at radius 3 is 2.81 bits per heavy atom. The number of carbonyl (C=O) groups is 2. The van der Waals surface area contributed by atoms with Crippen molar-refractivity contribution in [1.82, 2.24) is 9.97 Å². The van der Waals surface area contributed by atoms with Gasteiger partial charge in [0.25, 0.3) is 0 Å². The van der Waals surface area contributed by atoms with Crippen LogP contribution in [-0.2, 0) is 16.0 Å². The molecule has 0 aliphatic carbocycles. The topological polar surface area (TPSA) is 84.4 Å². The lowest BCUT2D eigenvalue weighted by molar-refractivity contribution is -0.118. The largest absolute Gasteiger partial charge is 0.464 e. The van der Waals surface area contributed by atoms with Crippen molar-refractivity contribution in [1.29, 1.82) is 0 Å². The number of amides is 1. The van der Waals surface area contributed by atoms with Crippen LogP contribution in [0.4, 0.5) is 17.3 Å². The number of methoxy groups -OCH3 is 1. The molecule has 136 valence electrons. The lowest BCUT2D eigenvalue weighted by Gasteiger charge is -2.29. The van der Waals surface area contributed by atoms with Crippen molar-refractivity contribution >= 4 is 29.2 Å². The Balaban J connectivity index is 1.87. The first kappa shape index (κ1) is 17.8. The van der Waals surface area contributed by atoms with Gasteiger partial charge in [-0.15, -0.1) is 0 Å². The summed E-state index contributed by atoms with van der Waals surface area (Å²) < 4.78 is 4.72. The van der Waals surface area contributed by atoms with Crippen molar-refractivity contribution in [3.63, 3.8) is 0 Å². The molecule has 1 aliphatic rings. The molecule has 1 N–H and O–H groups in total. The molecule has 2 heterocycles. The van der Waals surface area contributed by atoms with Gasteiger partial charge in [0.2, 0.25) is 11.9 Å². The van der Waals surface area contributed by atoms with Gasteiger partial charge in [-0.05, 0) is 49.6 Å². The zero-order chi connectivity index (χ0) is 18.7. The summed E-state index contributed by atoms with van der Waals surface area (Å²) >= 11 is 0. The van der Waals surface area contributed by atoms with Gasteiger partial charge in [-0.3, -0.25) is 4.79 Å². The third-order valence-corrected chi connectivity index (χ3v) is 4.23. The molecule has 0 saturated heterocycles. The van der Waals surface area contributed by atoms with Crippen LogP contribution in [0.15, 0.2) is 24.3 Å². The fraction of sp³-hybridized carbons (Fsp3) is 0.368. The van der Waals surface area contributed by atoms with Crippen LogP contribution in [0.1, 0.15) is 41.5 Å². The third kappa shape index (κ3) is 3.66. The van der Waals surface area contributed by atoms with Crippen LogP contribution in [0.5, 0.6) is 0 Å². The maximum atomic E-state index is 12.1. The molecule has 1 aliphatic heterocycles. The summed E-state index contributed by atoms with van der Waals surface area (Å²) in [5.74, 6) is 0.00478. The SMILES string of the molecule is CCCN1C(=O)CCc2cc(Nc3nc(C)cc(C(=O)OC)n3)ccc21. The summed E-state index contributed by atoms with van der Waals surface area (Å²) in [6, 6.07) is 7.43. The number of aromatic nitrogens is 2. The first-order chi connectivity index (χ1) is 12.5. The van der Waals surface area contributed by atoms with E-state index in [2.05, 4.69) is 22.2 Å². The zero-order valence-electron chi connectivity index (χ0n) is 15.2. The molecule has 0 unspecified atom stereocenters. The number of benzene rings is 1. The molecule has 0 atom stereocenters. The number of anilines is 3. The van der Waals surface area contributed by atoms with Gasteiger partial charge in [0.15, 0.2) is 5.69 Å². The number of aryl methyl sites for hydroxylation is 2. The van der Waals surface area contributed by atoms with Gasteiger partial charge >= 0.3 is 5.97 Å². The molecule has 7 heteroatoms. The molecule has 3 rings (SSSR count). The number of rotatable bonds is 5. The van der Waals surface area contributed by atoms with Crippen molar-refractivity contribution < 1.29 is 14.3 Å². The van der Waals surface area contributed by atoms with E-state index in [4.69, 9.17) is 4.74 Å². The van der Waals surface area contributed by atoms with E-state index in [0.29, 0.717) is 24.5 Å². The highest BCUT2D eigenvalue weighted by Gasteiger charge is 2.23. The summed E-state index contributed by atoms with van der Waals surface area (Å²) in [5.41, 5.74) is 3.77. The molecule has 0 fully saturated rings. The second-order valence-electron chi connectivity index (χ2n) is 6.22. The number of hydrogen-bond donors (Lipinski definition) is 1. The molecule has 0 bridgehead atoms. The second-order valence-corrected chi connectivity index (χ2v) is 6.22. The lowest BCUT2D eigenvalue weighted by atomic mass is 10.00. The van der Waals surface area contributed by atoms with Crippen molar-refractivity contribution in [3.05, 3.63) is 41.2 Å². The highest BCUT2D eigenvalue weighted by molar-refractivity contribution is 5.96. The van der Waals surface area contributed by atoms with Crippen molar-refractivity contribution in [3.8, 4) is 0 Å². The number of nitrogens with zero attached hydrogens (tertiary/aromatic N) is 3. The molecule has 1 aromatic carbocycles. The Kier molecular flexibility index (Phi) is 5.16. The average molecular weight is 354 g/mol. The first-order valence-electron chi connectivity index (χ1n) is 8.66. The summed E-state index contributed by atoms with van der Waals surface area (Å²) in [7, 11) is 1.32. The quantitative estimate of drug-likeness (QED) is 0.831. The molecule has 1 amide bonds. The zero-order valence-corrected chi connectivity index (χ0v) is 15.2. The highest BCUT2D eigenvalue weighted by atomic mass is 16.5. The molecule has 7 nitrogen and oxygen atoms in total. The minimum absolute atomic E-state index is 0.171. The minimum Gasteiger partial charge on any atom is -0.464 e. The smallest absolute Gasteiger partial charge is 0.356 e. The van der Waals surface area contributed by atoms with E-state index in [1.165, 1.54) is 7.11 Å². The Morgan fingerprint density at radius 1 is 1.27 bits per heavy atom. The molecule has 0 saturated carbocycles. The van der Waals surface area contributed by atoms with Gasteiger partial charge in [0.1, 0.15) is 0 Å².